The molecule has 0 saturated carbocycles. The van der Waals surface area contributed by atoms with E-state index in [1.54, 1.807) is 6.08 Å². The van der Waals surface area contributed by atoms with Crippen LogP contribution in [0.1, 0.15) is 13.8 Å². The average molecular weight is 150 g/mol. The Balaban J connectivity index is 4.23. The molecule has 0 aromatic carbocycles. The van der Waals surface area contributed by atoms with Gasteiger partial charge in [-0.25, -0.2) is 9.98 Å². The van der Waals surface area contributed by atoms with Crippen LogP contribution in [-0.4, -0.2) is 12.1 Å². The van der Waals surface area contributed by atoms with E-state index in [0.717, 1.165) is 5.71 Å². The molecule has 0 radical (unpaired) electrons. The third kappa shape index (κ3) is 4.25. The Morgan fingerprint density at radius 3 is 2.36 bits per heavy atom. The normalized spacial score (nSPS) is 12.5. The minimum absolute atomic E-state index is 0.392. The van der Waals surface area contributed by atoms with Crippen molar-refractivity contribution >= 4 is 12.1 Å². The largest absolute Gasteiger partial charge is 0.245 e. The molecule has 0 atom stereocenters. The van der Waals surface area contributed by atoms with Crippen molar-refractivity contribution < 1.29 is 0 Å². The summed E-state index contributed by atoms with van der Waals surface area (Å²) >= 11 is 0. The van der Waals surface area contributed by atoms with Crippen LogP contribution >= 0.6 is 0 Å². The second-order valence-corrected chi connectivity index (χ2v) is 2.36. The van der Waals surface area contributed by atoms with Crippen LogP contribution in [0.5, 0.6) is 0 Å². The van der Waals surface area contributed by atoms with Crippen molar-refractivity contribution in [2.75, 3.05) is 0 Å². The number of hydrogen-bond donors (Lipinski definition) is 0. The molecule has 0 unspecified atom stereocenters. The predicted molar refractivity (Wildman–Crippen MR) is 51.2 cm³/mol. The zero-order valence-corrected chi connectivity index (χ0v) is 7.12. The summed E-state index contributed by atoms with van der Waals surface area (Å²) in [4.78, 5) is 7.81. The Labute approximate surface area is 68.1 Å². The molecule has 0 aromatic rings. The molecular weight excluding hydrogens is 136 g/mol. The van der Waals surface area contributed by atoms with Crippen molar-refractivity contribution in [2.45, 2.75) is 13.8 Å². The number of rotatable bonds is 4. The number of aliphatic imine (C=N–C) groups is 2. The van der Waals surface area contributed by atoms with Gasteiger partial charge in [0.15, 0.2) is 0 Å². The summed E-state index contributed by atoms with van der Waals surface area (Å²) < 4.78 is 0. The Morgan fingerprint density at radius 1 is 1.36 bits per heavy atom. The first-order valence-electron chi connectivity index (χ1n) is 3.55. The molecule has 11 heavy (non-hydrogen) atoms. The van der Waals surface area contributed by atoms with Crippen molar-refractivity contribution in [3.05, 3.63) is 25.4 Å². The van der Waals surface area contributed by atoms with Gasteiger partial charge in [0.2, 0.25) is 0 Å². The highest BCUT2D eigenvalue weighted by atomic mass is 14.8. The molecule has 0 aliphatic rings. The minimum atomic E-state index is 0.392. The monoisotopic (exact) mass is 150 g/mol. The van der Waals surface area contributed by atoms with Gasteiger partial charge in [-0.05, 0) is 12.0 Å². The molecular formula is C9H14N2. The molecule has 0 bridgehead atoms. The quantitative estimate of drug-likeness (QED) is 0.434. The van der Waals surface area contributed by atoms with E-state index in [9.17, 15) is 0 Å². The third-order valence-electron chi connectivity index (χ3n) is 1.18. The minimum Gasteiger partial charge on any atom is -0.245 e. The zero-order valence-electron chi connectivity index (χ0n) is 7.12. The van der Waals surface area contributed by atoms with Gasteiger partial charge in [0.05, 0.1) is 0 Å². The molecule has 0 saturated heterocycles. The fourth-order valence-corrected chi connectivity index (χ4v) is 0.585. The van der Waals surface area contributed by atoms with Crippen molar-refractivity contribution in [1.82, 2.24) is 0 Å². The van der Waals surface area contributed by atoms with Gasteiger partial charge in [-0.2, -0.15) is 0 Å². The van der Waals surface area contributed by atoms with Gasteiger partial charge in [-0.15, -0.1) is 0 Å². The zero-order chi connectivity index (χ0) is 8.69. The highest BCUT2D eigenvalue weighted by Crippen LogP contribution is 1.96. The van der Waals surface area contributed by atoms with E-state index in [2.05, 4.69) is 37.0 Å². The molecule has 0 N–H and O–H groups in total. The van der Waals surface area contributed by atoms with Gasteiger partial charge in [0.1, 0.15) is 6.34 Å². The second kappa shape index (κ2) is 5.59. The van der Waals surface area contributed by atoms with Crippen molar-refractivity contribution in [2.24, 2.45) is 15.9 Å². The lowest BCUT2D eigenvalue weighted by Crippen LogP contribution is -2.02. The van der Waals surface area contributed by atoms with Crippen molar-refractivity contribution in [3.63, 3.8) is 0 Å². The Hall–Kier alpha value is -1.18. The van der Waals surface area contributed by atoms with E-state index in [4.69, 9.17) is 0 Å². The topological polar surface area (TPSA) is 24.7 Å². The Kier molecular flexibility index (Phi) is 4.99. The second-order valence-electron chi connectivity index (χ2n) is 2.36. The van der Waals surface area contributed by atoms with Crippen molar-refractivity contribution in [3.8, 4) is 0 Å². The SMILES string of the molecule is C=C/N=C\N=C(/C=C)C(C)C. The molecule has 0 rings (SSSR count). The van der Waals surface area contributed by atoms with Crippen LogP contribution in [-0.2, 0) is 0 Å². The molecule has 60 valence electrons. The molecule has 0 spiro atoms. The first-order valence-corrected chi connectivity index (χ1v) is 3.55. The number of nitrogens with zero attached hydrogens (tertiary/aromatic N) is 2. The summed E-state index contributed by atoms with van der Waals surface area (Å²) in [6, 6.07) is 0. The van der Waals surface area contributed by atoms with E-state index in [1.165, 1.54) is 12.5 Å². The molecule has 0 aliphatic carbocycles. The smallest absolute Gasteiger partial charge is 0.115 e. The fraction of sp³-hybridized carbons (Fsp3) is 0.333. The van der Waals surface area contributed by atoms with Gasteiger partial charge < -0.3 is 0 Å². The summed E-state index contributed by atoms with van der Waals surface area (Å²) in [5.74, 6) is 0.392. The lowest BCUT2D eigenvalue weighted by atomic mass is 10.1. The third-order valence-corrected chi connectivity index (χ3v) is 1.18. The van der Waals surface area contributed by atoms with Gasteiger partial charge in [0.25, 0.3) is 0 Å². The Morgan fingerprint density at radius 2 is 2.00 bits per heavy atom. The van der Waals surface area contributed by atoms with Crippen LogP contribution in [0.25, 0.3) is 0 Å². The van der Waals surface area contributed by atoms with Gasteiger partial charge in [-0.1, -0.05) is 27.0 Å². The van der Waals surface area contributed by atoms with E-state index >= 15 is 0 Å². The first kappa shape index (κ1) is 9.82. The first-order chi connectivity index (χ1) is 5.22. The summed E-state index contributed by atoms with van der Waals surface area (Å²) in [6.07, 6.45) is 4.66. The van der Waals surface area contributed by atoms with Crippen LogP contribution in [0.3, 0.4) is 0 Å². The van der Waals surface area contributed by atoms with Crippen LogP contribution in [0.15, 0.2) is 35.4 Å². The average Bonchev–Trinajstić information content (AvgIpc) is 1.97. The maximum Gasteiger partial charge on any atom is 0.115 e. The van der Waals surface area contributed by atoms with Crippen LogP contribution in [0.2, 0.25) is 0 Å². The molecule has 0 fully saturated rings. The summed E-state index contributed by atoms with van der Waals surface area (Å²) in [5, 5.41) is 0. The molecule has 2 nitrogen and oxygen atoms in total. The Bertz CT molecular complexity index is 188. The van der Waals surface area contributed by atoms with Crippen molar-refractivity contribution in [1.29, 1.82) is 0 Å². The standard InChI is InChI=1S/C9H14N2/c1-5-9(8(3)4)11-7-10-6-2/h5-8H,1-2H2,3-4H3/b10-7-,11-9+. The van der Waals surface area contributed by atoms with E-state index < -0.39 is 0 Å². The highest BCUT2D eigenvalue weighted by Gasteiger charge is 1.96. The molecule has 0 heterocycles. The number of hydrogen-bond acceptors (Lipinski definition) is 1. The number of allylic oxidation sites excluding steroid dienone is 1. The van der Waals surface area contributed by atoms with E-state index in [0.29, 0.717) is 5.92 Å². The maximum atomic E-state index is 4.07. The summed E-state index contributed by atoms with van der Waals surface area (Å²) in [7, 11) is 0. The lowest BCUT2D eigenvalue weighted by molar-refractivity contribution is 0.891. The van der Waals surface area contributed by atoms with Gasteiger partial charge in [0, 0.05) is 11.9 Å². The molecule has 2 heteroatoms. The molecule has 0 amide bonds. The van der Waals surface area contributed by atoms with Crippen LogP contribution < -0.4 is 0 Å². The van der Waals surface area contributed by atoms with E-state index in [-0.39, 0.29) is 0 Å². The maximum absolute atomic E-state index is 4.07. The predicted octanol–water partition coefficient (Wildman–Crippen LogP) is 2.44. The van der Waals surface area contributed by atoms with Gasteiger partial charge in [-0.3, -0.25) is 0 Å². The summed E-state index contributed by atoms with van der Waals surface area (Å²) in [6.45, 7) is 11.2. The van der Waals surface area contributed by atoms with Crippen LogP contribution in [0.4, 0.5) is 0 Å². The lowest BCUT2D eigenvalue weighted by Gasteiger charge is -2.00. The molecule has 0 aliphatic heterocycles. The fourth-order valence-electron chi connectivity index (χ4n) is 0.585. The highest BCUT2D eigenvalue weighted by molar-refractivity contribution is 6.00. The van der Waals surface area contributed by atoms with Crippen LogP contribution in [0, 0.1) is 5.92 Å². The van der Waals surface area contributed by atoms with Gasteiger partial charge >= 0.3 is 0 Å². The molecule has 0 aromatic heterocycles. The van der Waals surface area contributed by atoms with E-state index in [1.807, 2.05) is 0 Å². The summed E-state index contributed by atoms with van der Waals surface area (Å²) in [5.41, 5.74) is 0.940.